The van der Waals surface area contributed by atoms with Crippen molar-refractivity contribution in [1.82, 2.24) is 0 Å². The number of rotatable bonds is 3. The minimum atomic E-state index is -4.74. The highest BCUT2D eigenvalue weighted by Crippen LogP contribution is 2.30. The zero-order valence-corrected chi connectivity index (χ0v) is 10.4. The molecule has 2 nitrogen and oxygen atoms in total. The Morgan fingerprint density at radius 1 is 1.44 bits per heavy atom. The van der Waals surface area contributed by atoms with E-state index in [2.05, 4.69) is 4.74 Å². The number of Topliss-reactive ketones (excluding diaryl/α,β-unsaturated/α-hetero) is 1. The molecule has 0 saturated carbocycles. The van der Waals surface area contributed by atoms with Crippen molar-refractivity contribution in [1.29, 1.82) is 0 Å². The average Bonchev–Trinajstić information content (AvgIpc) is 2.18. The van der Waals surface area contributed by atoms with Gasteiger partial charge in [-0.15, -0.1) is 13.2 Å². The van der Waals surface area contributed by atoms with E-state index < -0.39 is 6.36 Å². The van der Waals surface area contributed by atoms with Gasteiger partial charge in [0, 0.05) is 12.0 Å². The maximum Gasteiger partial charge on any atom is 0.573 e. The van der Waals surface area contributed by atoms with Crippen molar-refractivity contribution in [3.63, 3.8) is 0 Å². The van der Waals surface area contributed by atoms with Crippen LogP contribution in [-0.2, 0) is 0 Å². The van der Waals surface area contributed by atoms with E-state index in [1.54, 1.807) is 29.5 Å². The van der Waals surface area contributed by atoms with Gasteiger partial charge in [0.1, 0.15) is 5.75 Å². The van der Waals surface area contributed by atoms with Crippen LogP contribution in [0.3, 0.4) is 0 Å². The molecule has 0 aliphatic rings. The molecule has 1 aromatic rings. The lowest BCUT2D eigenvalue weighted by Crippen LogP contribution is -2.18. The van der Waals surface area contributed by atoms with E-state index in [1.807, 2.05) is 0 Å². The minimum Gasteiger partial charge on any atom is -0.405 e. The van der Waals surface area contributed by atoms with Gasteiger partial charge in [0.05, 0.1) is 3.57 Å². The Bertz CT molecular complexity index is 402. The van der Waals surface area contributed by atoms with E-state index in [9.17, 15) is 18.0 Å². The highest BCUT2D eigenvalue weighted by molar-refractivity contribution is 14.1. The van der Waals surface area contributed by atoms with Gasteiger partial charge < -0.3 is 4.74 Å². The number of hydrogen-bond donors (Lipinski definition) is 0. The summed E-state index contributed by atoms with van der Waals surface area (Å²) in [5.74, 6) is -0.551. The maximum absolute atomic E-state index is 12.0. The summed E-state index contributed by atoms with van der Waals surface area (Å²) in [6.07, 6.45) is -4.50. The van der Waals surface area contributed by atoms with Crippen LogP contribution >= 0.6 is 22.6 Å². The molecular formula is C10H8F3IO2. The largest absolute Gasteiger partial charge is 0.573 e. The predicted octanol–water partition coefficient (Wildman–Crippen LogP) is 3.78. The summed E-state index contributed by atoms with van der Waals surface area (Å²) in [6.45, 7) is 1.65. The number of carbonyl (C=O) groups is 1. The third kappa shape index (κ3) is 3.36. The molecule has 16 heavy (non-hydrogen) atoms. The van der Waals surface area contributed by atoms with Crippen molar-refractivity contribution < 1.29 is 22.7 Å². The summed E-state index contributed by atoms with van der Waals surface area (Å²) >= 11 is 1.67. The molecule has 0 aliphatic carbocycles. The van der Waals surface area contributed by atoms with Crippen LogP contribution in [0.2, 0.25) is 0 Å². The first-order chi connectivity index (χ1) is 7.35. The summed E-state index contributed by atoms with van der Waals surface area (Å²) in [4.78, 5) is 11.4. The fraction of sp³-hybridized carbons (Fsp3) is 0.300. The molecule has 1 aromatic carbocycles. The van der Waals surface area contributed by atoms with Gasteiger partial charge >= 0.3 is 6.36 Å². The minimum absolute atomic E-state index is 0.185. The lowest BCUT2D eigenvalue weighted by Gasteiger charge is -2.12. The van der Waals surface area contributed by atoms with E-state index >= 15 is 0 Å². The molecule has 0 fully saturated rings. The normalized spacial score (nSPS) is 11.3. The van der Waals surface area contributed by atoms with Crippen molar-refractivity contribution in [2.75, 3.05) is 0 Å². The van der Waals surface area contributed by atoms with Gasteiger partial charge in [0.2, 0.25) is 0 Å². The molecule has 88 valence electrons. The van der Waals surface area contributed by atoms with Gasteiger partial charge in [-0.2, -0.15) is 0 Å². The summed E-state index contributed by atoms with van der Waals surface area (Å²) in [5.41, 5.74) is 0.254. The van der Waals surface area contributed by atoms with Gasteiger partial charge in [0.25, 0.3) is 0 Å². The molecule has 0 unspecified atom stereocenters. The number of alkyl halides is 3. The fourth-order valence-corrected chi connectivity index (χ4v) is 1.89. The van der Waals surface area contributed by atoms with Crippen LogP contribution < -0.4 is 4.74 Å². The third-order valence-electron chi connectivity index (χ3n) is 1.81. The number of ether oxygens (including phenoxy) is 1. The third-order valence-corrected chi connectivity index (χ3v) is 2.92. The van der Waals surface area contributed by atoms with Gasteiger partial charge in [0.15, 0.2) is 5.78 Å². The van der Waals surface area contributed by atoms with Crippen molar-refractivity contribution in [2.45, 2.75) is 19.7 Å². The number of benzene rings is 1. The second kappa shape index (κ2) is 5.03. The molecule has 0 atom stereocenters. The summed E-state index contributed by atoms with van der Waals surface area (Å²) in [7, 11) is 0. The van der Waals surface area contributed by atoms with E-state index in [0.717, 1.165) is 0 Å². The quantitative estimate of drug-likeness (QED) is 0.616. The van der Waals surface area contributed by atoms with E-state index in [1.165, 1.54) is 18.2 Å². The van der Waals surface area contributed by atoms with Crippen molar-refractivity contribution >= 4 is 28.4 Å². The van der Waals surface area contributed by atoms with Gasteiger partial charge in [-0.25, -0.2) is 0 Å². The molecule has 0 saturated heterocycles. The second-order valence-corrected chi connectivity index (χ2v) is 4.02. The van der Waals surface area contributed by atoms with Crippen LogP contribution in [0.5, 0.6) is 5.75 Å². The molecule has 0 aromatic heterocycles. The average molecular weight is 344 g/mol. The maximum atomic E-state index is 12.0. The smallest absolute Gasteiger partial charge is 0.405 e. The Balaban J connectivity index is 3.09. The summed E-state index contributed by atoms with van der Waals surface area (Å²) in [6, 6.07) is 4.03. The van der Waals surface area contributed by atoms with Crippen molar-refractivity contribution in [2.24, 2.45) is 0 Å². The van der Waals surface area contributed by atoms with Gasteiger partial charge in [-0.1, -0.05) is 19.1 Å². The first kappa shape index (κ1) is 13.3. The van der Waals surface area contributed by atoms with Gasteiger partial charge in [-0.05, 0) is 28.7 Å². The Morgan fingerprint density at radius 2 is 2.06 bits per heavy atom. The van der Waals surface area contributed by atoms with Crippen molar-refractivity contribution in [3.8, 4) is 5.75 Å². The fourth-order valence-electron chi connectivity index (χ4n) is 1.12. The molecule has 0 N–H and O–H groups in total. The van der Waals surface area contributed by atoms with Crippen LogP contribution in [0.25, 0.3) is 0 Å². The molecule has 0 bridgehead atoms. The molecule has 0 heterocycles. The van der Waals surface area contributed by atoms with E-state index in [4.69, 9.17) is 0 Å². The molecular weight excluding hydrogens is 336 g/mol. The Morgan fingerprint density at radius 3 is 2.56 bits per heavy atom. The SMILES string of the molecule is CCC(=O)c1cccc(OC(F)(F)F)c1I. The first-order valence-corrected chi connectivity index (χ1v) is 5.50. The highest BCUT2D eigenvalue weighted by atomic mass is 127. The molecule has 0 amide bonds. The van der Waals surface area contributed by atoms with Crippen LogP contribution in [0.1, 0.15) is 23.7 Å². The predicted molar refractivity (Wildman–Crippen MR) is 60.5 cm³/mol. The Kier molecular flexibility index (Phi) is 4.17. The van der Waals surface area contributed by atoms with Crippen LogP contribution in [0.4, 0.5) is 13.2 Å². The standard InChI is InChI=1S/C10H8F3IO2/c1-2-7(15)6-4-3-5-8(9(6)14)16-10(11,12)13/h3-5H,2H2,1H3. The zero-order chi connectivity index (χ0) is 12.3. The van der Waals surface area contributed by atoms with Gasteiger partial charge in [-0.3, -0.25) is 4.79 Å². The van der Waals surface area contributed by atoms with Crippen LogP contribution in [-0.4, -0.2) is 12.1 Å². The monoisotopic (exact) mass is 344 g/mol. The summed E-state index contributed by atoms with van der Waals surface area (Å²) in [5, 5.41) is 0. The van der Waals surface area contributed by atoms with E-state index in [0.29, 0.717) is 0 Å². The summed E-state index contributed by atoms with van der Waals surface area (Å²) < 4.78 is 40.1. The van der Waals surface area contributed by atoms with Crippen LogP contribution in [0, 0.1) is 3.57 Å². The lowest BCUT2D eigenvalue weighted by molar-refractivity contribution is -0.275. The molecule has 0 aliphatic heterocycles. The lowest BCUT2D eigenvalue weighted by atomic mass is 10.1. The first-order valence-electron chi connectivity index (χ1n) is 4.42. The molecule has 1 rings (SSSR count). The molecule has 0 radical (unpaired) electrons. The van der Waals surface area contributed by atoms with Crippen LogP contribution in [0.15, 0.2) is 18.2 Å². The zero-order valence-electron chi connectivity index (χ0n) is 8.27. The van der Waals surface area contributed by atoms with E-state index in [-0.39, 0.29) is 27.1 Å². The molecule has 6 heteroatoms. The topological polar surface area (TPSA) is 26.3 Å². The second-order valence-electron chi connectivity index (χ2n) is 2.94. The molecule has 0 spiro atoms. The Labute approximate surface area is 104 Å². The number of halogens is 4. The number of ketones is 1. The highest BCUT2D eigenvalue weighted by Gasteiger charge is 2.32. The Hall–Kier alpha value is -0.790. The number of hydrogen-bond acceptors (Lipinski definition) is 2. The van der Waals surface area contributed by atoms with Crippen molar-refractivity contribution in [3.05, 3.63) is 27.3 Å². The number of carbonyl (C=O) groups excluding carboxylic acids is 1.